The topological polar surface area (TPSA) is 17.0 Å². The Morgan fingerprint density at radius 2 is 2.12 bits per heavy atom. The van der Waals surface area contributed by atoms with Crippen molar-refractivity contribution in [3.05, 3.63) is 36.0 Å². The van der Waals surface area contributed by atoms with E-state index in [9.17, 15) is 8.78 Å². The zero-order chi connectivity index (χ0) is 11.8. The highest BCUT2D eigenvalue weighted by atomic mass is 19.3. The summed E-state index contributed by atoms with van der Waals surface area (Å²) < 4.78 is 26.3. The van der Waals surface area contributed by atoms with E-state index in [0.29, 0.717) is 11.6 Å². The SMILES string of the molecule is FC(F)n1ccc2cc(CNC3CC3)ccc21. The average Bonchev–Trinajstić information content (AvgIpc) is 3.04. The van der Waals surface area contributed by atoms with Crippen LogP contribution in [-0.2, 0) is 6.54 Å². The van der Waals surface area contributed by atoms with Gasteiger partial charge in [-0.3, -0.25) is 4.57 Å². The highest BCUT2D eigenvalue weighted by Crippen LogP contribution is 2.24. The molecular weight excluding hydrogens is 222 g/mol. The number of fused-ring (bicyclic) bond motifs is 1. The molecule has 2 aromatic rings. The van der Waals surface area contributed by atoms with Crippen LogP contribution in [0.1, 0.15) is 25.0 Å². The summed E-state index contributed by atoms with van der Waals surface area (Å²) in [6, 6.07) is 8.06. The van der Waals surface area contributed by atoms with Gasteiger partial charge >= 0.3 is 6.55 Å². The molecular formula is C13H14F2N2. The summed E-state index contributed by atoms with van der Waals surface area (Å²) in [6.07, 6.45) is 3.95. The van der Waals surface area contributed by atoms with Crippen LogP contribution >= 0.6 is 0 Å². The molecule has 0 spiro atoms. The van der Waals surface area contributed by atoms with E-state index in [4.69, 9.17) is 0 Å². The summed E-state index contributed by atoms with van der Waals surface area (Å²) >= 11 is 0. The molecule has 0 bridgehead atoms. The number of nitrogens with zero attached hydrogens (tertiary/aromatic N) is 1. The van der Waals surface area contributed by atoms with Gasteiger partial charge in [-0.1, -0.05) is 6.07 Å². The normalized spacial score (nSPS) is 15.9. The average molecular weight is 236 g/mol. The molecule has 1 aromatic heterocycles. The van der Waals surface area contributed by atoms with Crippen molar-refractivity contribution in [1.82, 2.24) is 9.88 Å². The number of hydrogen-bond donors (Lipinski definition) is 1. The second-order valence-electron chi connectivity index (χ2n) is 4.55. The van der Waals surface area contributed by atoms with Crippen molar-refractivity contribution in [3.8, 4) is 0 Å². The molecule has 0 unspecified atom stereocenters. The van der Waals surface area contributed by atoms with Gasteiger partial charge < -0.3 is 5.32 Å². The van der Waals surface area contributed by atoms with Gasteiger partial charge in [0.2, 0.25) is 0 Å². The first kappa shape index (κ1) is 10.7. The van der Waals surface area contributed by atoms with E-state index in [-0.39, 0.29) is 0 Å². The molecule has 90 valence electrons. The number of aromatic nitrogens is 1. The summed E-state index contributed by atoms with van der Waals surface area (Å²) in [4.78, 5) is 0. The molecule has 0 amide bonds. The predicted octanol–water partition coefficient (Wildman–Crippen LogP) is 3.29. The fourth-order valence-electron chi connectivity index (χ4n) is 2.04. The molecule has 4 heteroatoms. The van der Waals surface area contributed by atoms with Crippen LogP contribution in [-0.4, -0.2) is 10.6 Å². The van der Waals surface area contributed by atoms with E-state index in [0.717, 1.165) is 22.1 Å². The number of halogens is 2. The van der Waals surface area contributed by atoms with Crippen LogP contribution < -0.4 is 5.32 Å². The highest BCUT2D eigenvalue weighted by molar-refractivity contribution is 5.80. The van der Waals surface area contributed by atoms with Gasteiger partial charge in [-0.05, 0) is 36.6 Å². The van der Waals surface area contributed by atoms with Gasteiger partial charge in [-0.25, -0.2) is 0 Å². The van der Waals surface area contributed by atoms with Crippen LogP contribution in [0, 0.1) is 0 Å². The number of alkyl halides is 2. The zero-order valence-corrected chi connectivity index (χ0v) is 9.37. The van der Waals surface area contributed by atoms with E-state index in [1.807, 2.05) is 12.1 Å². The summed E-state index contributed by atoms with van der Waals surface area (Å²) in [5, 5.41) is 4.29. The number of rotatable bonds is 4. The molecule has 1 heterocycles. The molecule has 17 heavy (non-hydrogen) atoms. The number of benzene rings is 1. The molecule has 1 aliphatic rings. The lowest BCUT2D eigenvalue weighted by Crippen LogP contribution is -2.15. The molecule has 1 fully saturated rings. The van der Waals surface area contributed by atoms with Crippen molar-refractivity contribution in [2.24, 2.45) is 0 Å². The Hall–Kier alpha value is -1.42. The molecule has 1 N–H and O–H groups in total. The molecule has 1 aliphatic carbocycles. The van der Waals surface area contributed by atoms with Gasteiger partial charge in [0.25, 0.3) is 0 Å². The fraction of sp³-hybridized carbons (Fsp3) is 0.385. The fourth-order valence-corrected chi connectivity index (χ4v) is 2.04. The third-order valence-corrected chi connectivity index (χ3v) is 3.17. The Kier molecular flexibility index (Phi) is 2.59. The van der Waals surface area contributed by atoms with Gasteiger partial charge in [-0.2, -0.15) is 8.78 Å². The smallest absolute Gasteiger partial charge is 0.310 e. The van der Waals surface area contributed by atoms with Crippen molar-refractivity contribution in [2.45, 2.75) is 32.0 Å². The van der Waals surface area contributed by atoms with Crippen molar-refractivity contribution >= 4 is 10.9 Å². The van der Waals surface area contributed by atoms with Crippen LogP contribution in [0.4, 0.5) is 8.78 Å². The van der Waals surface area contributed by atoms with Crippen molar-refractivity contribution in [1.29, 1.82) is 0 Å². The van der Waals surface area contributed by atoms with E-state index in [2.05, 4.69) is 5.32 Å². The number of nitrogens with one attached hydrogen (secondary N) is 1. The second-order valence-corrected chi connectivity index (χ2v) is 4.55. The van der Waals surface area contributed by atoms with Gasteiger partial charge in [0.05, 0.1) is 5.52 Å². The Morgan fingerprint density at radius 1 is 1.29 bits per heavy atom. The Morgan fingerprint density at radius 3 is 2.82 bits per heavy atom. The standard InChI is InChI=1S/C13H14F2N2/c14-13(15)17-6-5-10-7-9(1-4-12(10)17)8-16-11-2-3-11/h1,4-7,11,13,16H,2-3,8H2. The molecule has 0 aliphatic heterocycles. The Bertz CT molecular complexity index is 529. The van der Waals surface area contributed by atoms with Gasteiger partial charge in [-0.15, -0.1) is 0 Å². The molecule has 3 rings (SSSR count). The van der Waals surface area contributed by atoms with E-state index < -0.39 is 6.55 Å². The lowest BCUT2D eigenvalue weighted by atomic mass is 10.1. The summed E-state index contributed by atoms with van der Waals surface area (Å²) in [5.41, 5.74) is 1.74. The van der Waals surface area contributed by atoms with Crippen LogP contribution in [0.5, 0.6) is 0 Å². The monoisotopic (exact) mass is 236 g/mol. The summed E-state index contributed by atoms with van der Waals surface area (Å²) in [7, 11) is 0. The first-order valence-corrected chi connectivity index (χ1v) is 5.85. The second kappa shape index (κ2) is 4.11. The van der Waals surface area contributed by atoms with Gasteiger partial charge in [0, 0.05) is 24.2 Å². The first-order chi connectivity index (χ1) is 8.24. The molecule has 0 saturated heterocycles. The lowest BCUT2D eigenvalue weighted by Gasteiger charge is -2.05. The van der Waals surface area contributed by atoms with Crippen molar-refractivity contribution in [3.63, 3.8) is 0 Å². The number of hydrogen-bond acceptors (Lipinski definition) is 1. The zero-order valence-electron chi connectivity index (χ0n) is 9.37. The van der Waals surface area contributed by atoms with Crippen LogP contribution in [0.15, 0.2) is 30.5 Å². The highest BCUT2D eigenvalue weighted by Gasteiger charge is 2.20. The maximum Gasteiger partial charge on any atom is 0.319 e. The minimum atomic E-state index is -2.47. The minimum absolute atomic E-state index is 0.593. The quantitative estimate of drug-likeness (QED) is 0.862. The van der Waals surface area contributed by atoms with E-state index >= 15 is 0 Å². The third kappa shape index (κ3) is 2.17. The predicted molar refractivity (Wildman–Crippen MR) is 63.1 cm³/mol. The van der Waals surface area contributed by atoms with Crippen LogP contribution in [0.3, 0.4) is 0 Å². The summed E-state index contributed by atoms with van der Waals surface area (Å²) in [5.74, 6) is 0. The van der Waals surface area contributed by atoms with Crippen molar-refractivity contribution < 1.29 is 8.78 Å². The maximum atomic E-state index is 12.6. The molecule has 2 nitrogen and oxygen atoms in total. The molecule has 1 saturated carbocycles. The third-order valence-electron chi connectivity index (χ3n) is 3.17. The Balaban J connectivity index is 1.85. The van der Waals surface area contributed by atoms with Crippen LogP contribution in [0.25, 0.3) is 10.9 Å². The van der Waals surface area contributed by atoms with E-state index in [1.165, 1.54) is 19.0 Å². The lowest BCUT2D eigenvalue weighted by molar-refractivity contribution is 0.0752. The maximum absolute atomic E-state index is 12.6. The largest absolute Gasteiger partial charge is 0.319 e. The molecule has 1 aromatic carbocycles. The molecule has 0 atom stereocenters. The minimum Gasteiger partial charge on any atom is -0.310 e. The van der Waals surface area contributed by atoms with Gasteiger partial charge in [0.1, 0.15) is 0 Å². The van der Waals surface area contributed by atoms with Crippen LogP contribution in [0.2, 0.25) is 0 Å². The first-order valence-electron chi connectivity index (χ1n) is 5.85. The van der Waals surface area contributed by atoms with Crippen molar-refractivity contribution in [2.75, 3.05) is 0 Å². The Labute approximate surface area is 98.2 Å². The summed E-state index contributed by atoms with van der Waals surface area (Å²) in [6.45, 7) is -1.65. The van der Waals surface area contributed by atoms with Gasteiger partial charge in [0.15, 0.2) is 0 Å². The molecule has 0 radical (unpaired) electrons. The van der Waals surface area contributed by atoms with E-state index in [1.54, 1.807) is 12.1 Å².